The molecule has 0 heterocycles. The maximum Gasteiger partial charge on any atom is 0.264 e. The number of carbonyl (C=O) groups is 2. The van der Waals surface area contributed by atoms with Gasteiger partial charge in [-0.25, -0.2) is 8.42 Å². The zero-order chi connectivity index (χ0) is 33.3. The highest BCUT2D eigenvalue weighted by Crippen LogP contribution is 2.29. The van der Waals surface area contributed by atoms with E-state index in [-0.39, 0.29) is 29.1 Å². The number of benzene rings is 3. The quantitative estimate of drug-likeness (QED) is 0.174. The first-order chi connectivity index (χ1) is 22.1. The van der Waals surface area contributed by atoms with Crippen LogP contribution in [-0.2, 0) is 26.2 Å². The van der Waals surface area contributed by atoms with Gasteiger partial charge in [0.05, 0.1) is 17.2 Å². The summed E-state index contributed by atoms with van der Waals surface area (Å²) < 4.78 is 35.0. The predicted octanol–water partition coefficient (Wildman–Crippen LogP) is 7.57. The van der Waals surface area contributed by atoms with Crippen LogP contribution in [-0.4, -0.2) is 56.6 Å². The van der Waals surface area contributed by atoms with Gasteiger partial charge in [0.15, 0.2) is 0 Å². The molecule has 0 bridgehead atoms. The molecule has 2 amide bonds. The zero-order valence-corrected chi connectivity index (χ0v) is 29.5. The summed E-state index contributed by atoms with van der Waals surface area (Å²) in [7, 11) is -4.20. The summed E-state index contributed by atoms with van der Waals surface area (Å²) >= 11 is 14.2. The molecule has 1 saturated carbocycles. The molecule has 46 heavy (non-hydrogen) atoms. The van der Waals surface area contributed by atoms with Gasteiger partial charge in [-0.1, -0.05) is 55.5 Å². The van der Waals surface area contributed by atoms with Crippen LogP contribution in [0.4, 0.5) is 5.69 Å². The van der Waals surface area contributed by atoms with Crippen LogP contribution in [0.15, 0.2) is 76.5 Å². The first-order valence-corrected chi connectivity index (χ1v) is 18.9. The Hall–Kier alpha value is -2.92. The van der Waals surface area contributed by atoms with Crippen molar-refractivity contribution in [2.24, 2.45) is 0 Å². The molecule has 1 aliphatic carbocycles. The largest absolute Gasteiger partial charge is 0.494 e. The average Bonchev–Trinajstić information content (AvgIpc) is 3.05. The maximum absolute atomic E-state index is 14.4. The van der Waals surface area contributed by atoms with Gasteiger partial charge in [0.2, 0.25) is 11.8 Å². The number of amides is 2. The molecule has 248 valence electrons. The highest BCUT2D eigenvalue weighted by atomic mass is 35.5. The molecule has 0 radical (unpaired) electrons. The monoisotopic (exact) mass is 705 g/mol. The zero-order valence-electron chi connectivity index (χ0n) is 26.4. The number of rotatable bonds is 14. The first kappa shape index (κ1) is 35.9. The molecule has 12 heteroatoms. The van der Waals surface area contributed by atoms with Crippen LogP contribution in [0.25, 0.3) is 0 Å². The van der Waals surface area contributed by atoms with Crippen LogP contribution in [0.5, 0.6) is 5.75 Å². The number of sulfonamides is 1. The van der Waals surface area contributed by atoms with Crippen molar-refractivity contribution in [3.8, 4) is 5.75 Å². The lowest BCUT2D eigenvalue weighted by Gasteiger charge is -2.34. The molecule has 3 aromatic rings. The minimum absolute atomic E-state index is 0.00891. The molecule has 8 nitrogen and oxygen atoms in total. The van der Waals surface area contributed by atoms with Crippen molar-refractivity contribution < 1.29 is 22.7 Å². The topological polar surface area (TPSA) is 96.0 Å². The number of ether oxygens (including phenoxy) is 1. The van der Waals surface area contributed by atoms with Crippen molar-refractivity contribution in [3.63, 3.8) is 0 Å². The lowest BCUT2D eigenvalue weighted by molar-refractivity contribution is -0.140. The molecule has 1 aliphatic rings. The van der Waals surface area contributed by atoms with E-state index < -0.39 is 28.5 Å². The minimum atomic E-state index is -4.20. The van der Waals surface area contributed by atoms with Crippen molar-refractivity contribution in [1.29, 1.82) is 0 Å². The number of nitrogens with one attached hydrogen (secondary N) is 1. The molecule has 1 atom stereocenters. The summed E-state index contributed by atoms with van der Waals surface area (Å²) in [5.41, 5.74) is 0.876. The first-order valence-electron chi connectivity index (χ1n) is 15.5. The Morgan fingerprint density at radius 3 is 2.24 bits per heavy atom. The third kappa shape index (κ3) is 9.12. The highest BCUT2D eigenvalue weighted by molar-refractivity contribution is 7.98. The molecule has 0 saturated heterocycles. The van der Waals surface area contributed by atoms with E-state index in [0.717, 1.165) is 41.3 Å². The minimum Gasteiger partial charge on any atom is -0.494 e. The van der Waals surface area contributed by atoms with E-state index in [1.165, 1.54) is 28.8 Å². The Morgan fingerprint density at radius 2 is 1.65 bits per heavy atom. The Balaban J connectivity index is 1.73. The van der Waals surface area contributed by atoms with E-state index in [2.05, 4.69) is 5.32 Å². The smallest absolute Gasteiger partial charge is 0.264 e. The van der Waals surface area contributed by atoms with Gasteiger partial charge in [0, 0.05) is 27.5 Å². The third-order valence-electron chi connectivity index (χ3n) is 8.06. The summed E-state index contributed by atoms with van der Waals surface area (Å²) in [5.74, 6) is -0.241. The molecule has 0 aromatic heterocycles. The van der Waals surface area contributed by atoms with E-state index >= 15 is 0 Å². The Labute approximate surface area is 286 Å². The summed E-state index contributed by atoms with van der Waals surface area (Å²) in [5, 5.41) is 3.93. The molecule has 0 aliphatic heterocycles. The molecular formula is C34H41Cl2N3O5S2. The van der Waals surface area contributed by atoms with Gasteiger partial charge in [-0.05, 0) is 98.7 Å². The summed E-state index contributed by atoms with van der Waals surface area (Å²) in [6.07, 6.45) is 7.22. The highest BCUT2D eigenvalue weighted by Gasteiger charge is 2.34. The summed E-state index contributed by atoms with van der Waals surface area (Å²) in [4.78, 5) is 30.5. The van der Waals surface area contributed by atoms with Crippen molar-refractivity contribution in [2.75, 3.05) is 23.7 Å². The Kier molecular flexibility index (Phi) is 13.1. The SMILES string of the molecule is CCOc1ccc(N(CC(=O)N(Cc2ccc(Cl)cc2Cl)[C@H](CC)C(=O)NC2CCCCC2)S(=O)(=O)c2ccc(SC)cc2)cc1. The van der Waals surface area contributed by atoms with Gasteiger partial charge in [-0.15, -0.1) is 11.8 Å². The van der Waals surface area contributed by atoms with Crippen molar-refractivity contribution in [1.82, 2.24) is 10.2 Å². The number of hydrogen-bond donors (Lipinski definition) is 1. The average molecular weight is 707 g/mol. The van der Waals surface area contributed by atoms with Crippen LogP contribution in [0.3, 0.4) is 0 Å². The number of nitrogens with zero attached hydrogens (tertiary/aromatic N) is 2. The van der Waals surface area contributed by atoms with Gasteiger partial charge in [0.25, 0.3) is 10.0 Å². The molecule has 3 aromatic carbocycles. The van der Waals surface area contributed by atoms with E-state index in [9.17, 15) is 18.0 Å². The van der Waals surface area contributed by atoms with Crippen LogP contribution in [0, 0.1) is 0 Å². The van der Waals surface area contributed by atoms with Crippen LogP contribution < -0.4 is 14.4 Å². The second-order valence-corrected chi connectivity index (χ2v) is 14.7. The third-order valence-corrected chi connectivity index (χ3v) is 11.2. The van der Waals surface area contributed by atoms with E-state index in [0.29, 0.717) is 34.4 Å². The number of thioether (sulfide) groups is 1. The Morgan fingerprint density at radius 1 is 0.978 bits per heavy atom. The molecule has 1 N–H and O–H groups in total. The number of hydrogen-bond acceptors (Lipinski definition) is 6. The van der Waals surface area contributed by atoms with Crippen LogP contribution >= 0.6 is 35.0 Å². The lowest BCUT2D eigenvalue weighted by Crippen LogP contribution is -2.54. The number of carbonyl (C=O) groups excluding carboxylic acids is 2. The number of halogens is 2. The lowest BCUT2D eigenvalue weighted by atomic mass is 9.95. The van der Waals surface area contributed by atoms with Crippen LogP contribution in [0.2, 0.25) is 10.0 Å². The van der Waals surface area contributed by atoms with Crippen molar-refractivity contribution >= 4 is 62.5 Å². The second-order valence-electron chi connectivity index (χ2n) is 11.1. The van der Waals surface area contributed by atoms with Gasteiger partial charge in [-0.3, -0.25) is 13.9 Å². The predicted molar refractivity (Wildman–Crippen MR) is 186 cm³/mol. The fraction of sp³-hybridized carbons (Fsp3) is 0.412. The van der Waals surface area contributed by atoms with E-state index in [4.69, 9.17) is 27.9 Å². The molecular weight excluding hydrogens is 665 g/mol. The Bertz CT molecular complexity index is 1580. The van der Waals surface area contributed by atoms with Gasteiger partial charge in [0.1, 0.15) is 18.3 Å². The normalized spacial score (nSPS) is 14.4. The molecule has 1 fully saturated rings. The fourth-order valence-electron chi connectivity index (χ4n) is 5.58. The van der Waals surface area contributed by atoms with Gasteiger partial charge in [-0.2, -0.15) is 0 Å². The summed E-state index contributed by atoms with van der Waals surface area (Å²) in [6.45, 7) is 3.59. The molecule has 4 rings (SSSR count). The van der Waals surface area contributed by atoms with Crippen molar-refractivity contribution in [2.45, 2.75) is 80.8 Å². The van der Waals surface area contributed by atoms with Crippen molar-refractivity contribution in [3.05, 3.63) is 82.3 Å². The molecule has 0 spiro atoms. The van der Waals surface area contributed by atoms with E-state index in [1.54, 1.807) is 54.6 Å². The standard InChI is InChI=1S/C34H41Cl2N3O5S2/c1-4-32(34(41)37-26-9-7-6-8-10-26)38(22-24-11-12-25(35)21-31(24)36)33(40)23-39(27-13-15-28(16-14-27)44-5-2)46(42,43)30-19-17-29(45-3)18-20-30/h11-21,26,32H,4-10,22-23H2,1-3H3,(H,37,41)/t32-/m1/s1. The second kappa shape index (κ2) is 16.8. The molecule has 0 unspecified atom stereocenters. The van der Waals surface area contributed by atoms with Gasteiger partial charge >= 0.3 is 0 Å². The van der Waals surface area contributed by atoms with Crippen LogP contribution in [0.1, 0.15) is 57.9 Å². The fourth-order valence-corrected chi connectivity index (χ4v) is 7.87. The summed E-state index contributed by atoms with van der Waals surface area (Å²) in [6, 6.07) is 17.2. The van der Waals surface area contributed by atoms with E-state index in [1.807, 2.05) is 20.1 Å². The maximum atomic E-state index is 14.4. The van der Waals surface area contributed by atoms with Gasteiger partial charge < -0.3 is 15.0 Å². The number of anilines is 1.